The van der Waals surface area contributed by atoms with E-state index in [1.807, 2.05) is 36.4 Å². The third-order valence-electron chi connectivity index (χ3n) is 7.94. The Morgan fingerprint density at radius 1 is 0.805 bits per heavy atom. The summed E-state index contributed by atoms with van der Waals surface area (Å²) in [6, 6.07) is 15.2. The van der Waals surface area contributed by atoms with Crippen LogP contribution in [0, 0.1) is 0 Å². The number of methoxy groups -OCH3 is 4. The lowest BCUT2D eigenvalue weighted by Gasteiger charge is -2.37. The predicted octanol–water partition coefficient (Wildman–Crippen LogP) is 4.20. The molecule has 2 aliphatic rings. The molecule has 9 heteroatoms. The highest BCUT2D eigenvalue weighted by atomic mass is 16.5. The maximum atomic E-state index is 13.8. The zero-order chi connectivity index (χ0) is 29.1. The molecule has 0 aromatic heterocycles. The molecule has 1 saturated heterocycles. The van der Waals surface area contributed by atoms with Crippen LogP contribution < -0.4 is 39.5 Å². The summed E-state index contributed by atoms with van der Waals surface area (Å²) < 4.78 is 22.8. The van der Waals surface area contributed by atoms with Crippen molar-refractivity contribution in [2.45, 2.75) is 25.8 Å². The lowest BCUT2D eigenvalue weighted by molar-refractivity contribution is -0.119. The van der Waals surface area contributed by atoms with Crippen molar-refractivity contribution in [1.29, 1.82) is 0 Å². The van der Waals surface area contributed by atoms with Crippen molar-refractivity contribution in [3.63, 3.8) is 0 Å². The molecule has 1 aliphatic carbocycles. The lowest BCUT2D eigenvalue weighted by Crippen LogP contribution is -2.47. The summed E-state index contributed by atoms with van der Waals surface area (Å²) >= 11 is 0. The molecule has 0 bridgehead atoms. The van der Waals surface area contributed by atoms with Crippen molar-refractivity contribution in [1.82, 2.24) is 5.32 Å². The molecule has 1 atom stereocenters. The summed E-state index contributed by atoms with van der Waals surface area (Å²) in [5, 5.41) is 3.07. The Hall–Kier alpha value is -4.40. The monoisotopic (exact) mass is 559 g/mol. The molecule has 1 aliphatic heterocycles. The number of carbonyl (C=O) groups is 1. The third-order valence-corrected chi connectivity index (χ3v) is 7.94. The molecule has 1 N–H and O–H groups in total. The van der Waals surface area contributed by atoms with Gasteiger partial charge >= 0.3 is 0 Å². The summed E-state index contributed by atoms with van der Waals surface area (Å²) in [7, 11) is 6.45. The quantitative estimate of drug-likeness (QED) is 0.461. The number of para-hydroxylation sites is 2. The van der Waals surface area contributed by atoms with Gasteiger partial charge in [0.1, 0.15) is 5.75 Å². The molecule has 0 radical (unpaired) electrons. The number of amides is 1. The van der Waals surface area contributed by atoms with Crippen LogP contribution in [0.3, 0.4) is 0 Å². The third kappa shape index (κ3) is 5.36. The number of benzene rings is 2. The van der Waals surface area contributed by atoms with Gasteiger partial charge in [-0.25, -0.2) is 0 Å². The molecule has 1 unspecified atom stereocenters. The van der Waals surface area contributed by atoms with Gasteiger partial charge in [0.05, 0.1) is 45.9 Å². The summed E-state index contributed by atoms with van der Waals surface area (Å²) in [5.41, 5.74) is 5.01. The fourth-order valence-corrected chi connectivity index (χ4v) is 6.04. The first-order valence-electron chi connectivity index (χ1n) is 13.8. The van der Waals surface area contributed by atoms with Gasteiger partial charge in [-0.05, 0) is 59.9 Å². The Bertz CT molecular complexity index is 1500. The largest absolute Gasteiger partial charge is 0.495 e. The maximum absolute atomic E-state index is 13.8. The Morgan fingerprint density at radius 3 is 2.10 bits per heavy atom. The number of carbonyl (C=O) groups excluding carboxylic acids is 1. The minimum atomic E-state index is -0.341. The van der Waals surface area contributed by atoms with Crippen LogP contribution in [-0.2, 0) is 11.2 Å². The number of piperazine rings is 1. The van der Waals surface area contributed by atoms with Crippen LogP contribution in [0.1, 0.15) is 30.5 Å². The van der Waals surface area contributed by atoms with Crippen molar-refractivity contribution < 1.29 is 23.7 Å². The zero-order valence-corrected chi connectivity index (χ0v) is 24.3. The second kappa shape index (κ2) is 12.0. The van der Waals surface area contributed by atoms with Gasteiger partial charge in [-0.15, -0.1) is 0 Å². The number of nitrogens with zero attached hydrogens (tertiary/aromatic N) is 2. The van der Waals surface area contributed by atoms with Crippen LogP contribution in [0.15, 0.2) is 53.3 Å². The van der Waals surface area contributed by atoms with E-state index < -0.39 is 0 Å². The van der Waals surface area contributed by atoms with E-state index in [9.17, 15) is 9.59 Å². The number of rotatable bonds is 7. The van der Waals surface area contributed by atoms with Crippen molar-refractivity contribution in [3.05, 3.63) is 69.9 Å². The second-order valence-electron chi connectivity index (χ2n) is 10.2. The van der Waals surface area contributed by atoms with Gasteiger partial charge in [0, 0.05) is 38.7 Å². The molecule has 0 saturated carbocycles. The molecule has 1 amide bonds. The normalized spacial score (nSPS) is 16.2. The van der Waals surface area contributed by atoms with Crippen molar-refractivity contribution in [3.8, 4) is 34.1 Å². The molecular formula is C32H37N3O6. The molecule has 5 rings (SSSR count). The number of nitrogens with one attached hydrogen (secondary N) is 1. The Labute approximate surface area is 240 Å². The molecular weight excluding hydrogens is 522 g/mol. The highest BCUT2D eigenvalue weighted by Gasteiger charge is 2.30. The van der Waals surface area contributed by atoms with E-state index in [-0.39, 0.29) is 17.4 Å². The molecule has 0 spiro atoms. The maximum Gasteiger partial charge on any atom is 0.217 e. The van der Waals surface area contributed by atoms with Gasteiger partial charge in [-0.1, -0.05) is 18.2 Å². The first kappa shape index (κ1) is 28.1. The van der Waals surface area contributed by atoms with E-state index in [4.69, 9.17) is 18.9 Å². The molecule has 3 aromatic carbocycles. The van der Waals surface area contributed by atoms with Gasteiger partial charge in [0.25, 0.3) is 0 Å². The first-order chi connectivity index (χ1) is 19.9. The number of hydrogen-bond donors (Lipinski definition) is 1. The summed E-state index contributed by atoms with van der Waals surface area (Å²) in [5.74, 6) is 2.28. The SMILES string of the molecule is COc1ccccc1N1CCN(c2ccc3c(cc2=O)C(NC(C)=O)CCc2cc(OC)c(OC)c(OC)c2-3)CC1. The van der Waals surface area contributed by atoms with Crippen LogP contribution in [-0.4, -0.2) is 60.5 Å². The van der Waals surface area contributed by atoms with Crippen LogP contribution in [0.25, 0.3) is 11.1 Å². The zero-order valence-electron chi connectivity index (χ0n) is 24.3. The standard InChI is InChI=1S/C32H37N3O6/c1-20(36)33-24-12-10-21-18-29(39-3)31(40-4)32(41-5)30(21)22-11-13-25(27(37)19-23(22)24)34-14-16-35(17-15-34)26-8-6-7-9-28(26)38-2/h6-9,11,13,18-19,24H,10,12,14-17H2,1-5H3,(H,33,36). The topological polar surface area (TPSA) is 89.6 Å². The van der Waals surface area contributed by atoms with Crippen LogP contribution >= 0.6 is 0 Å². The van der Waals surface area contributed by atoms with Gasteiger partial charge in [-0.3, -0.25) is 9.59 Å². The van der Waals surface area contributed by atoms with Crippen molar-refractivity contribution in [2.24, 2.45) is 0 Å². The minimum absolute atomic E-state index is 0.0877. The van der Waals surface area contributed by atoms with E-state index in [2.05, 4.69) is 21.2 Å². The van der Waals surface area contributed by atoms with Crippen LogP contribution in [0.4, 0.5) is 11.4 Å². The Morgan fingerprint density at radius 2 is 1.46 bits per heavy atom. The van der Waals surface area contributed by atoms with Gasteiger partial charge in [0.15, 0.2) is 11.5 Å². The van der Waals surface area contributed by atoms with Gasteiger partial charge < -0.3 is 34.1 Å². The van der Waals surface area contributed by atoms with E-state index in [1.165, 1.54) is 6.92 Å². The number of aryl methyl sites for hydroxylation is 1. The molecule has 41 heavy (non-hydrogen) atoms. The number of ether oxygens (including phenoxy) is 4. The Balaban J connectivity index is 1.58. The first-order valence-corrected chi connectivity index (χ1v) is 13.8. The smallest absolute Gasteiger partial charge is 0.217 e. The van der Waals surface area contributed by atoms with Crippen LogP contribution in [0.5, 0.6) is 23.0 Å². The number of fused-ring (bicyclic) bond motifs is 3. The van der Waals surface area contributed by atoms with Crippen LogP contribution in [0.2, 0.25) is 0 Å². The van der Waals surface area contributed by atoms with E-state index in [1.54, 1.807) is 34.5 Å². The number of hydrogen-bond acceptors (Lipinski definition) is 8. The highest BCUT2D eigenvalue weighted by molar-refractivity contribution is 5.84. The highest BCUT2D eigenvalue weighted by Crippen LogP contribution is 2.50. The molecule has 216 valence electrons. The van der Waals surface area contributed by atoms with Crippen molar-refractivity contribution in [2.75, 3.05) is 64.4 Å². The summed E-state index contributed by atoms with van der Waals surface area (Å²) in [6.45, 7) is 4.36. The van der Waals surface area contributed by atoms with E-state index >= 15 is 0 Å². The minimum Gasteiger partial charge on any atom is -0.495 e. The summed E-state index contributed by atoms with van der Waals surface area (Å²) in [6.07, 6.45) is 1.27. The Kier molecular flexibility index (Phi) is 8.23. The lowest BCUT2D eigenvalue weighted by atomic mass is 9.95. The molecule has 1 fully saturated rings. The predicted molar refractivity (Wildman–Crippen MR) is 160 cm³/mol. The van der Waals surface area contributed by atoms with E-state index in [0.717, 1.165) is 46.8 Å². The van der Waals surface area contributed by atoms with Gasteiger partial charge in [0.2, 0.25) is 17.1 Å². The molecule has 9 nitrogen and oxygen atoms in total. The number of anilines is 2. The average molecular weight is 560 g/mol. The fraction of sp³-hybridized carbons (Fsp3) is 0.375. The molecule has 1 heterocycles. The average Bonchev–Trinajstić information content (AvgIpc) is 3.24. The second-order valence-corrected chi connectivity index (χ2v) is 10.2. The summed E-state index contributed by atoms with van der Waals surface area (Å²) in [4.78, 5) is 30.5. The molecule has 3 aromatic rings. The fourth-order valence-electron chi connectivity index (χ4n) is 6.04. The van der Waals surface area contributed by atoms with E-state index in [0.29, 0.717) is 48.9 Å². The van der Waals surface area contributed by atoms with Gasteiger partial charge in [-0.2, -0.15) is 0 Å². The van der Waals surface area contributed by atoms with Crippen molar-refractivity contribution >= 4 is 17.3 Å².